The average molecular weight is 280 g/mol. The van der Waals surface area contributed by atoms with Crippen molar-refractivity contribution in [3.05, 3.63) is 62.1 Å². The Hall–Kier alpha value is -1.79. The van der Waals surface area contributed by atoms with Crippen LogP contribution in [-0.4, -0.2) is 4.92 Å². The number of halogens is 1. The fraction of sp³-hybridized carbons (Fsp3) is 0.231. The van der Waals surface area contributed by atoms with Crippen LogP contribution in [0.1, 0.15) is 24.1 Å². The van der Waals surface area contributed by atoms with Gasteiger partial charge in [0.25, 0.3) is 0 Å². The maximum atomic E-state index is 13.4. The summed E-state index contributed by atoms with van der Waals surface area (Å²) in [4.78, 5) is 9.78. The summed E-state index contributed by atoms with van der Waals surface area (Å²) in [6.45, 7) is 2.48. The number of rotatable bonds is 5. The highest BCUT2D eigenvalue weighted by Gasteiger charge is 2.14. The van der Waals surface area contributed by atoms with Gasteiger partial charge in [0, 0.05) is 18.7 Å². The predicted molar refractivity (Wildman–Crippen MR) is 72.6 cm³/mol. The first-order valence-corrected chi connectivity index (χ1v) is 6.70. The smallest absolute Gasteiger partial charge is 0.304 e. The van der Waals surface area contributed by atoms with Crippen LogP contribution in [0.5, 0.6) is 0 Å². The molecule has 0 fully saturated rings. The number of hydrogen-bond donors (Lipinski definition) is 1. The molecular weight excluding hydrogens is 267 g/mol. The fourth-order valence-corrected chi connectivity index (χ4v) is 2.47. The maximum Gasteiger partial charge on any atom is 0.304 e. The molecule has 0 saturated heterocycles. The zero-order chi connectivity index (χ0) is 13.8. The molecule has 4 nitrogen and oxygen atoms in total. The lowest BCUT2D eigenvalue weighted by molar-refractivity contribution is -0.387. The zero-order valence-electron chi connectivity index (χ0n) is 10.3. The van der Waals surface area contributed by atoms with Crippen molar-refractivity contribution in [2.75, 3.05) is 0 Å². The van der Waals surface area contributed by atoms with E-state index >= 15 is 0 Å². The third-order valence-electron chi connectivity index (χ3n) is 2.86. The van der Waals surface area contributed by atoms with E-state index in [1.54, 1.807) is 17.4 Å². The van der Waals surface area contributed by atoms with Gasteiger partial charge in [-0.1, -0.05) is 6.07 Å². The Balaban J connectivity index is 2.00. The highest BCUT2D eigenvalue weighted by Crippen LogP contribution is 2.19. The van der Waals surface area contributed by atoms with Crippen molar-refractivity contribution in [2.45, 2.75) is 19.5 Å². The van der Waals surface area contributed by atoms with Crippen molar-refractivity contribution < 1.29 is 9.31 Å². The van der Waals surface area contributed by atoms with E-state index in [4.69, 9.17) is 0 Å². The van der Waals surface area contributed by atoms with E-state index in [1.807, 2.05) is 23.8 Å². The quantitative estimate of drug-likeness (QED) is 0.672. The van der Waals surface area contributed by atoms with Crippen LogP contribution >= 0.6 is 11.3 Å². The van der Waals surface area contributed by atoms with Crippen molar-refractivity contribution in [3.63, 3.8) is 0 Å². The highest BCUT2D eigenvalue weighted by molar-refractivity contribution is 7.07. The number of thiophene rings is 1. The summed E-state index contributed by atoms with van der Waals surface area (Å²) >= 11 is 1.62. The molecular formula is C13H13FN2O2S. The molecule has 1 atom stereocenters. The summed E-state index contributed by atoms with van der Waals surface area (Å²) in [7, 11) is 0. The third kappa shape index (κ3) is 3.36. The highest BCUT2D eigenvalue weighted by atomic mass is 32.1. The van der Waals surface area contributed by atoms with E-state index in [1.165, 1.54) is 17.7 Å². The zero-order valence-corrected chi connectivity index (χ0v) is 11.1. The molecule has 0 aliphatic heterocycles. The van der Waals surface area contributed by atoms with E-state index in [2.05, 4.69) is 5.32 Å². The first-order chi connectivity index (χ1) is 9.08. The second kappa shape index (κ2) is 5.90. The number of nitro benzene ring substituents is 1. The standard InChI is InChI=1S/C13H13FN2O2S/c1-9(11-4-5-19-8-11)15-7-10-2-3-13(16(17)18)12(14)6-10/h2-6,8-9,15H,7H2,1H3. The van der Waals surface area contributed by atoms with Gasteiger partial charge in [-0.3, -0.25) is 10.1 Å². The Morgan fingerprint density at radius 1 is 1.47 bits per heavy atom. The van der Waals surface area contributed by atoms with Crippen LogP contribution in [0.15, 0.2) is 35.0 Å². The lowest BCUT2D eigenvalue weighted by Crippen LogP contribution is -2.17. The molecule has 0 bridgehead atoms. The van der Waals surface area contributed by atoms with Crippen LogP contribution in [0.3, 0.4) is 0 Å². The summed E-state index contributed by atoms with van der Waals surface area (Å²) in [6, 6.07) is 6.14. The van der Waals surface area contributed by atoms with E-state index in [0.717, 1.165) is 0 Å². The van der Waals surface area contributed by atoms with Crippen LogP contribution in [0, 0.1) is 15.9 Å². The molecule has 100 valence electrons. The second-order valence-electron chi connectivity index (χ2n) is 4.20. The predicted octanol–water partition coefficient (Wildman–Crippen LogP) is 3.65. The molecule has 0 radical (unpaired) electrons. The molecule has 19 heavy (non-hydrogen) atoms. The fourth-order valence-electron chi connectivity index (χ4n) is 1.72. The van der Waals surface area contributed by atoms with E-state index in [9.17, 15) is 14.5 Å². The Morgan fingerprint density at radius 2 is 2.26 bits per heavy atom. The van der Waals surface area contributed by atoms with Gasteiger partial charge in [-0.05, 0) is 40.9 Å². The van der Waals surface area contributed by atoms with Gasteiger partial charge < -0.3 is 5.32 Å². The molecule has 1 N–H and O–H groups in total. The summed E-state index contributed by atoms with van der Waals surface area (Å²) in [5.74, 6) is -0.799. The van der Waals surface area contributed by atoms with Crippen LogP contribution < -0.4 is 5.32 Å². The van der Waals surface area contributed by atoms with Crippen molar-refractivity contribution >= 4 is 17.0 Å². The number of hydrogen-bond acceptors (Lipinski definition) is 4. The molecule has 6 heteroatoms. The molecule has 2 aromatic rings. The van der Waals surface area contributed by atoms with Crippen LogP contribution in [0.4, 0.5) is 10.1 Å². The summed E-state index contributed by atoms with van der Waals surface area (Å²) < 4.78 is 13.4. The Morgan fingerprint density at radius 3 is 2.84 bits per heavy atom. The van der Waals surface area contributed by atoms with E-state index < -0.39 is 16.4 Å². The van der Waals surface area contributed by atoms with Crippen LogP contribution in [0.2, 0.25) is 0 Å². The van der Waals surface area contributed by atoms with Gasteiger partial charge in [0.2, 0.25) is 5.82 Å². The molecule has 0 aliphatic rings. The minimum Gasteiger partial charge on any atom is -0.306 e. The topological polar surface area (TPSA) is 55.2 Å². The van der Waals surface area contributed by atoms with Gasteiger partial charge in [0.1, 0.15) is 0 Å². The molecule has 0 amide bonds. The Labute approximate surface area is 114 Å². The number of nitrogens with one attached hydrogen (secondary N) is 1. The average Bonchev–Trinajstić information content (AvgIpc) is 2.89. The normalized spacial score (nSPS) is 12.3. The monoisotopic (exact) mass is 280 g/mol. The van der Waals surface area contributed by atoms with Crippen molar-refractivity contribution in [2.24, 2.45) is 0 Å². The van der Waals surface area contributed by atoms with Gasteiger partial charge in [-0.15, -0.1) is 0 Å². The summed E-state index contributed by atoms with van der Waals surface area (Å²) in [6.07, 6.45) is 0. The largest absolute Gasteiger partial charge is 0.306 e. The van der Waals surface area contributed by atoms with E-state index in [0.29, 0.717) is 12.1 Å². The summed E-state index contributed by atoms with van der Waals surface area (Å²) in [5.41, 5.74) is 1.37. The van der Waals surface area contributed by atoms with Crippen molar-refractivity contribution in [1.29, 1.82) is 0 Å². The molecule has 0 saturated carbocycles. The summed E-state index contributed by atoms with van der Waals surface area (Å²) in [5, 5.41) is 17.8. The minimum atomic E-state index is -0.799. The molecule has 1 aromatic heterocycles. The van der Waals surface area contributed by atoms with Crippen molar-refractivity contribution in [3.8, 4) is 0 Å². The van der Waals surface area contributed by atoms with Crippen molar-refractivity contribution in [1.82, 2.24) is 5.32 Å². The molecule has 2 rings (SSSR count). The van der Waals surface area contributed by atoms with Crippen LogP contribution in [0.25, 0.3) is 0 Å². The molecule has 1 heterocycles. The maximum absolute atomic E-state index is 13.4. The number of nitro groups is 1. The lowest BCUT2D eigenvalue weighted by Gasteiger charge is -2.12. The van der Waals surface area contributed by atoms with Crippen LogP contribution in [-0.2, 0) is 6.54 Å². The Bertz CT molecular complexity index is 572. The van der Waals surface area contributed by atoms with Gasteiger partial charge in [0.05, 0.1) is 4.92 Å². The minimum absolute atomic E-state index is 0.157. The Kier molecular flexibility index (Phi) is 4.24. The lowest BCUT2D eigenvalue weighted by atomic mass is 10.1. The van der Waals surface area contributed by atoms with Gasteiger partial charge >= 0.3 is 5.69 Å². The van der Waals surface area contributed by atoms with Gasteiger partial charge in [-0.25, -0.2) is 0 Å². The molecule has 0 aliphatic carbocycles. The first-order valence-electron chi connectivity index (χ1n) is 5.76. The molecule has 1 unspecified atom stereocenters. The van der Waals surface area contributed by atoms with Gasteiger partial charge in [-0.2, -0.15) is 15.7 Å². The molecule has 0 spiro atoms. The second-order valence-corrected chi connectivity index (χ2v) is 4.98. The van der Waals surface area contributed by atoms with Gasteiger partial charge in [0.15, 0.2) is 0 Å². The number of benzene rings is 1. The third-order valence-corrected chi connectivity index (χ3v) is 3.57. The molecule has 1 aromatic carbocycles. The number of nitrogens with zero attached hydrogens (tertiary/aromatic N) is 1. The SMILES string of the molecule is CC(NCc1ccc([N+](=O)[O-])c(F)c1)c1ccsc1. The first kappa shape index (κ1) is 13.6. The van der Waals surface area contributed by atoms with E-state index in [-0.39, 0.29) is 6.04 Å².